The highest BCUT2D eigenvalue weighted by molar-refractivity contribution is 9.10. The average molecular weight is 431 g/mol. The third-order valence-corrected chi connectivity index (χ3v) is 5.37. The van der Waals surface area contributed by atoms with Crippen LogP contribution >= 0.6 is 15.9 Å². The van der Waals surface area contributed by atoms with Crippen molar-refractivity contribution in [1.82, 2.24) is 9.55 Å². The van der Waals surface area contributed by atoms with Crippen molar-refractivity contribution in [1.29, 1.82) is 0 Å². The van der Waals surface area contributed by atoms with Crippen LogP contribution in [-0.4, -0.2) is 9.55 Å². The Morgan fingerprint density at radius 1 is 0.786 bits per heavy atom. The Bertz CT molecular complexity index is 1090. The molecule has 0 fully saturated rings. The summed E-state index contributed by atoms with van der Waals surface area (Å²) in [6, 6.07) is 25.5. The van der Waals surface area contributed by atoms with Crippen molar-refractivity contribution in [3.05, 3.63) is 95.4 Å². The normalized spacial score (nSPS) is 11.6. The summed E-state index contributed by atoms with van der Waals surface area (Å²) in [6.07, 6.45) is 3.97. The van der Waals surface area contributed by atoms with Gasteiger partial charge >= 0.3 is 0 Å². The lowest BCUT2D eigenvalue weighted by Gasteiger charge is -2.20. The molecule has 140 valence electrons. The molecule has 0 atom stereocenters. The van der Waals surface area contributed by atoms with E-state index in [9.17, 15) is 0 Å². The summed E-state index contributed by atoms with van der Waals surface area (Å²) in [6.45, 7) is 6.69. The van der Waals surface area contributed by atoms with Gasteiger partial charge in [-0.15, -0.1) is 0 Å². The van der Waals surface area contributed by atoms with Gasteiger partial charge in [-0.1, -0.05) is 91.3 Å². The van der Waals surface area contributed by atoms with E-state index < -0.39 is 0 Å². The SMILES string of the molecule is CC(C)(C)c1cc(Br)cc(-n2cnc(-c3ccc(-c4ccccc4)cc3)c2)c1. The van der Waals surface area contributed by atoms with E-state index in [1.54, 1.807) is 0 Å². The van der Waals surface area contributed by atoms with Crippen LogP contribution in [0, 0.1) is 0 Å². The molecule has 1 aromatic heterocycles. The molecule has 1 heterocycles. The summed E-state index contributed by atoms with van der Waals surface area (Å²) in [5, 5.41) is 0. The molecule has 4 rings (SSSR count). The van der Waals surface area contributed by atoms with Gasteiger partial charge in [0.1, 0.15) is 0 Å². The van der Waals surface area contributed by atoms with E-state index in [1.807, 2.05) is 12.4 Å². The van der Waals surface area contributed by atoms with Crippen LogP contribution in [-0.2, 0) is 5.41 Å². The maximum atomic E-state index is 4.63. The van der Waals surface area contributed by atoms with Gasteiger partial charge in [-0.25, -0.2) is 4.98 Å². The van der Waals surface area contributed by atoms with Crippen LogP contribution in [0.4, 0.5) is 0 Å². The van der Waals surface area contributed by atoms with Gasteiger partial charge in [-0.05, 0) is 40.3 Å². The van der Waals surface area contributed by atoms with Crippen molar-refractivity contribution in [3.63, 3.8) is 0 Å². The Hall–Kier alpha value is -2.65. The van der Waals surface area contributed by atoms with Crippen molar-refractivity contribution in [2.24, 2.45) is 0 Å². The minimum Gasteiger partial charge on any atom is -0.306 e. The van der Waals surface area contributed by atoms with Gasteiger partial charge in [-0.2, -0.15) is 0 Å². The van der Waals surface area contributed by atoms with E-state index in [1.165, 1.54) is 16.7 Å². The molecule has 28 heavy (non-hydrogen) atoms. The van der Waals surface area contributed by atoms with Crippen LogP contribution in [0.2, 0.25) is 0 Å². The predicted octanol–water partition coefficient (Wildman–Crippen LogP) is 7.27. The predicted molar refractivity (Wildman–Crippen MR) is 121 cm³/mol. The molecular weight excluding hydrogens is 408 g/mol. The van der Waals surface area contributed by atoms with Crippen LogP contribution in [0.15, 0.2) is 89.8 Å². The molecule has 0 aliphatic rings. The Labute approximate surface area is 175 Å². The fourth-order valence-electron chi connectivity index (χ4n) is 3.23. The van der Waals surface area contributed by atoms with E-state index >= 15 is 0 Å². The highest BCUT2D eigenvalue weighted by atomic mass is 79.9. The third-order valence-electron chi connectivity index (χ3n) is 4.92. The second kappa shape index (κ2) is 7.40. The van der Waals surface area contributed by atoms with Gasteiger partial charge in [0.25, 0.3) is 0 Å². The zero-order chi connectivity index (χ0) is 19.7. The number of hydrogen-bond donors (Lipinski definition) is 0. The molecule has 0 bridgehead atoms. The Morgan fingerprint density at radius 2 is 1.43 bits per heavy atom. The molecule has 0 aliphatic heterocycles. The zero-order valence-electron chi connectivity index (χ0n) is 16.4. The van der Waals surface area contributed by atoms with Gasteiger partial charge in [-0.3, -0.25) is 0 Å². The molecule has 3 aromatic carbocycles. The number of nitrogens with zero attached hydrogens (tertiary/aromatic N) is 2. The van der Waals surface area contributed by atoms with Gasteiger partial charge < -0.3 is 4.57 Å². The maximum absolute atomic E-state index is 4.63. The zero-order valence-corrected chi connectivity index (χ0v) is 17.9. The van der Waals surface area contributed by atoms with Crippen molar-refractivity contribution >= 4 is 15.9 Å². The minimum atomic E-state index is 0.0925. The molecule has 4 aromatic rings. The fourth-order valence-corrected chi connectivity index (χ4v) is 3.71. The first-order valence-corrected chi connectivity index (χ1v) is 10.2. The second-order valence-corrected chi connectivity index (χ2v) is 8.97. The van der Waals surface area contributed by atoms with Crippen molar-refractivity contribution in [2.45, 2.75) is 26.2 Å². The molecule has 0 saturated heterocycles. The van der Waals surface area contributed by atoms with Crippen LogP contribution in [0.5, 0.6) is 0 Å². The van der Waals surface area contributed by atoms with Gasteiger partial charge in [0.15, 0.2) is 0 Å². The second-order valence-electron chi connectivity index (χ2n) is 8.06. The van der Waals surface area contributed by atoms with Crippen LogP contribution < -0.4 is 0 Å². The lowest BCUT2D eigenvalue weighted by molar-refractivity contribution is 0.589. The van der Waals surface area contributed by atoms with Crippen molar-refractivity contribution in [3.8, 4) is 28.1 Å². The number of rotatable bonds is 3. The monoisotopic (exact) mass is 430 g/mol. The molecule has 0 amide bonds. The number of imidazole rings is 1. The Morgan fingerprint density at radius 3 is 2.11 bits per heavy atom. The summed E-state index contributed by atoms with van der Waals surface area (Å²) < 4.78 is 3.16. The van der Waals surface area contributed by atoms with Gasteiger partial charge in [0.05, 0.1) is 12.0 Å². The summed E-state index contributed by atoms with van der Waals surface area (Å²) >= 11 is 3.65. The molecule has 0 saturated carbocycles. The van der Waals surface area contributed by atoms with Gasteiger partial charge in [0.2, 0.25) is 0 Å². The summed E-state index contributed by atoms with van der Waals surface area (Å²) in [5.41, 5.74) is 7.02. The lowest BCUT2D eigenvalue weighted by Crippen LogP contribution is -2.11. The van der Waals surface area contributed by atoms with Crippen molar-refractivity contribution in [2.75, 3.05) is 0 Å². The van der Waals surface area contributed by atoms with E-state index in [-0.39, 0.29) is 5.41 Å². The first kappa shape index (κ1) is 18.7. The number of aromatic nitrogens is 2. The first-order chi connectivity index (χ1) is 13.4. The highest BCUT2D eigenvalue weighted by Gasteiger charge is 2.15. The minimum absolute atomic E-state index is 0.0925. The number of hydrogen-bond acceptors (Lipinski definition) is 1. The smallest absolute Gasteiger partial charge is 0.0999 e. The summed E-state index contributed by atoms with van der Waals surface area (Å²) in [7, 11) is 0. The molecule has 0 radical (unpaired) electrons. The summed E-state index contributed by atoms with van der Waals surface area (Å²) in [4.78, 5) is 4.63. The molecule has 0 unspecified atom stereocenters. The van der Waals surface area contributed by atoms with E-state index in [2.05, 4.69) is 119 Å². The maximum Gasteiger partial charge on any atom is 0.0999 e. The molecule has 0 aliphatic carbocycles. The lowest BCUT2D eigenvalue weighted by atomic mass is 9.87. The van der Waals surface area contributed by atoms with Crippen LogP contribution in [0.25, 0.3) is 28.1 Å². The van der Waals surface area contributed by atoms with Gasteiger partial charge in [0, 0.05) is 21.9 Å². The van der Waals surface area contributed by atoms with E-state index in [0.29, 0.717) is 0 Å². The third kappa shape index (κ3) is 3.95. The standard InChI is InChI=1S/C25H23BrN2/c1-25(2,3)21-13-22(26)15-23(14-21)28-16-24(27-17-28)20-11-9-19(10-12-20)18-7-5-4-6-8-18/h4-17H,1-3H3. The molecule has 0 spiro atoms. The number of benzene rings is 3. The Balaban J connectivity index is 1.64. The van der Waals surface area contributed by atoms with Crippen LogP contribution in [0.3, 0.4) is 0 Å². The Kier molecular flexibility index (Phi) is 4.94. The molecule has 3 heteroatoms. The van der Waals surface area contributed by atoms with E-state index in [4.69, 9.17) is 0 Å². The summed E-state index contributed by atoms with van der Waals surface area (Å²) in [5.74, 6) is 0. The number of halogens is 1. The quantitative estimate of drug-likeness (QED) is 0.334. The average Bonchev–Trinajstić information content (AvgIpc) is 3.18. The molecular formula is C25H23BrN2. The fraction of sp³-hybridized carbons (Fsp3) is 0.160. The largest absolute Gasteiger partial charge is 0.306 e. The molecule has 0 N–H and O–H groups in total. The van der Waals surface area contributed by atoms with E-state index in [0.717, 1.165) is 21.4 Å². The topological polar surface area (TPSA) is 17.8 Å². The van der Waals surface area contributed by atoms with Crippen LogP contribution in [0.1, 0.15) is 26.3 Å². The molecule has 2 nitrogen and oxygen atoms in total. The van der Waals surface area contributed by atoms with Crippen molar-refractivity contribution < 1.29 is 0 Å². The highest BCUT2D eigenvalue weighted by Crippen LogP contribution is 2.29. The first-order valence-electron chi connectivity index (χ1n) is 9.41.